The molecule has 1 aromatic rings. The van der Waals surface area contributed by atoms with Crippen LogP contribution in [0.4, 0.5) is 0 Å². The van der Waals surface area contributed by atoms with E-state index in [0.29, 0.717) is 18.5 Å². The molecule has 114 valence electrons. The fourth-order valence-electron chi connectivity index (χ4n) is 1.67. The minimum Gasteiger partial charge on any atom is -0.395 e. The summed E-state index contributed by atoms with van der Waals surface area (Å²) in [7, 11) is 0. The molecule has 0 aliphatic carbocycles. The standard InChI is InChI=1S/C17H23NO2S/c1-13-9-14(7-5-6-8-19)11-15(10-13)16(20)18-12-17(2,3)21-4/h9-11,19H,6,8,12H2,1-4H3,(H,18,20). The molecule has 0 heterocycles. The Morgan fingerprint density at radius 2 is 2.10 bits per heavy atom. The molecule has 0 bridgehead atoms. The van der Waals surface area contributed by atoms with Crippen molar-refractivity contribution in [3.05, 3.63) is 34.9 Å². The fourth-order valence-corrected chi connectivity index (χ4v) is 1.89. The van der Waals surface area contributed by atoms with Crippen LogP contribution in [0.1, 0.15) is 41.8 Å². The first kappa shape index (κ1) is 17.6. The van der Waals surface area contributed by atoms with E-state index >= 15 is 0 Å². The highest BCUT2D eigenvalue weighted by molar-refractivity contribution is 7.99. The molecule has 0 saturated heterocycles. The van der Waals surface area contributed by atoms with Crippen molar-refractivity contribution < 1.29 is 9.90 Å². The average Bonchev–Trinajstić information content (AvgIpc) is 2.44. The Balaban J connectivity index is 2.83. The van der Waals surface area contributed by atoms with Crippen LogP contribution in [0.5, 0.6) is 0 Å². The van der Waals surface area contributed by atoms with E-state index in [1.807, 2.05) is 25.3 Å². The van der Waals surface area contributed by atoms with Gasteiger partial charge in [0.2, 0.25) is 0 Å². The van der Waals surface area contributed by atoms with Gasteiger partial charge in [0.1, 0.15) is 0 Å². The average molecular weight is 305 g/mol. The van der Waals surface area contributed by atoms with Gasteiger partial charge in [-0.15, -0.1) is 0 Å². The predicted octanol–water partition coefficient (Wildman–Crippen LogP) is 2.60. The van der Waals surface area contributed by atoms with E-state index in [9.17, 15) is 4.79 Å². The van der Waals surface area contributed by atoms with E-state index in [4.69, 9.17) is 5.11 Å². The van der Waals surface area contributed by atoms with E-state index in [1.165, 1.54) is 0 Å². The molecule has 0 radical (unpaired) electrons. The van der Waals surface area contributed by atoms with Crippen LogP contribution in [-0.2, 0) is 0 Å². The number of aliphatic hydroxyl groups is 1. The van der Waals surface area contributed by atoms with Crippen molar-refractivity contribution in [1.82, 2.24) is 5.32 Å². The molecule has 2 N–H and O–H groups in total. The van der Waals surface area contributed by atoms with Gasteiger partial charge in [0.05, 0.1) is 6.61 Å². The number of rotatable bonds is 5. The second kappa shape index (κ2) is 8.11. The van der Waals surface area contributed by atoms with Gasteiger partial charge in [-0.2, -0.15) is 11.8 Å². The second-order valence-electron chi connectivity index (χ2n) is 5.51. The Kier molecular flexibility index (Phi) is 6.80. The molecule has 0 aromatic heterocycles. The first-order valence-corrected chi connectivity index (χ1v) is 8.15. The molecule has 0 spiro atoms. The van der Waals surface area contributed by atoms with E-state index in [-0.39, 0.29) is 17.3 Å². The topological polar surface area (TPSA) is 49.3 Å². The number of amides is 1. The Morgan fingerprint density at radius 1 is 1.38 bits per heavy atom. The highest BCUT2D eigenvalue weighted by Gasteiger charge is 2.17. The summed E-state index contributed by atoms with van der Waals surface area (Å²) in [6.07, 6.45) is 2.48. The van der Waals surface area contributed by atoms with Gasteiger partial charge in [-0.25, -0.2) is 0 Å². The molecule has 1 amide bonds. The number of nitrogens with one attached hydrogen (secondary N) is 1. The lowest BCUT2D eigenvalue weighted by molar-refractivity contribution is 0.0950. The first-order chi connectivity index (χ1) is 9.88. The van der Waals surface area contributed by atoms with Gasteiger partial charge in [0.25, 0.3) is 5.91 Å². The smallest absolute Gasteiger partial charge is 0.251 e. The molecule has 3 nitrogen and oxygen atoms in total. The summed E-state index contributed by atoms with van der Waals surface area (Å²) in [5, 5.41) is 11.7. The monoisotopic (exact) mass is 305 g/mol. The molecule has 0 aliphatic rings. The lowest BCUT2D eigenvalue weighted by Crippen LogP contribution is -2.36. The SMILES string of the molecule is CSC(C)(C)CNC(=O)c1cc(C)cc(C#CCCO)c1. The molecule has 0 saturated carbocycles. The second-order valence-corrected chi connectivity index (χ2v) is 7.02. The molecule has 1 aromatic carbocycles. The van der Waals surface area contributed by atoms with Gasteiger partial charge in [0, 0.05) is 28.8 Å². The summed E-state index contributed by atoms with van der Waals surface area (Å²) in [4.78, 5) is 12.2. The van der Waals surface area contributed by atoms with E-state index in [0.717, 1.165) is 11.1 Å². The maximum Gasteiger partial charge on any atom is 0.251 e. The number of carbonyl (C=O) groups is 1. The molecule has 21 heavy (non-hydrogen) atoms. The van der Waals surface area contributed by atoms with Gasteiger partial charge in [-0.05, 0) is 50.8 Å². The lowest BCUT2D eigenvalue weighted by atomic mass is 10.1. The quantitative estimate of drug-likeness (QED) is 0.822. The van der Waals surface area contributed by atoms with E-state index in [2.05, 4.69) is 31.0 Å². The van der Waals surface area contributed by atoms with E-state index < -0.39 is 0 Å². The molecular weight excluding hydrogens is 282 g/mol. The minimum atomic E-state index is -0.0777. The zero-order valence-electron chi connectivity index (χ0n) is 13.1. The zero-order chi connectivity index (χ0) is 15.9. The van der Waals surface area contributed by atoms with Gasteiger partial charge >= 0.3 is 0 Å². The van der Waals surface area contributed by atoms with Gasteiger partial charge < -0.3 is 10.4 Å². The zero-order valence-corrected chi connectivity index (χ0v) is 13.9. The number of benzene rings is 1. The van der Waals surface area contributed by atoms with Crippen LogP contribution in [0.25, 0.3) is 0 Å². The van der Waals surface area contributed by atoms with Gasteiger partial charge in [-0.1, -0.05) is 11.8 Å². The number of carbonyl (C=O) groups excluding carboxylic acids is 1. The third kappa shape index (κ3) is 6.24. The van der Waals surface area contributed by atoms with Crippen LogP contribution in [0, 0.1) is 18.8 Å². The molecule has 0 atom stereocenters. The minimum absolute atomic E-state index is 0.0171. The summed E-state index contributed by atoms with van der Waals surface area (Å²) in [6, 6.07) is 5.59. The molecule has 0 fully saturated rings. The van der Waals surface area contributed by atoms with E-state index in [1.54, 1.807) is 17.8 Å². The van der Waals surface area contributed by atoms with Crippen molar-refractivity contribution in [2.75, 3.05) is 19.4 Å². The number of thioether (sulfide) groups is 1. The van der Waals surface area contributed by atoms with Crippen LogP contribution in [-0.4, -0.2) is 35.2 Å². The van der Waals surface area contributed by atoms with Crippen LogP contribution in [0.15, 0.2) is 18.2 Å². The van der Waals surface area contributed by atoms with Gasteiger partial charge in [-0.3, -0.25) is 4.79 Å². The maximum absolute atomic E-state index is 12.2. The summed E-state index contributed by atoms with van der Waals surface area (Å²) < 4.78 is 0.0171. The number of aryl methyl sites for hydroxylation is 1. The van der Waals surface area contributed by atoms with Crippen molar-refractivity contribution in [2.45, 2.75) is 31.9 Å². The predicted molar refractivity (Wildman–Crippen MR) is 89.7 cm³/mol. The molecule has 0 aliphatic heterocycles. The highest BCUT2D eigenvalue weighted by Crippen LogP contribution is 2.19. The van der Waals surface area contributed by atoms with Crippen molar-refractivity contribution in [3.8, 4) is 11.8 Å². The Hall–Kier alpha value is -1.44. The Bertz CT molecular complexity index is 556. The van der Waals surface area contributed by atoms with Crippen molar-refractivity contribution in [3.63, 3.8) is 0 Å². The third-order valence-electron chi connectivity index (χ3n) is 3.04. The van der Waals surface area contributed by atoms with Crippen LogP contribution in [0.3, 0.4) is 0 Å². The number of aliphatic hydroxyl groups excluding tert-OH is 1. The summed E-state index contributed by atoms with van der Waals surface area (Å²) >= 11 is 1.72. The van der Waals surface area contributed by atoms with Crippen molar-refractivity contribution in [1.29, 1.82) is 0 Å². The molecular formula is C17H23NO2S. The number of hydrogen-bond acceptors (Lipinski definition) is 3. The molecule has 0 unspecified atom stereocenters. The molecule has 4 heteroatoms. The Morgan fingerprint density at radius 3 is 2.71 bits per heavy atom. The Labute approximate surface area is 131 Å². The van der Waals surface area contributed by atoms with Crippen LogP contribution in [0.2, 0.25) is 0 Å². The van der Waals surface area contributed by atoms with Crippen molar-refractivity contribution in [2.24, 2.45) is 0 Å². The lowest BCUT2D eigenvalue weighted by Gasteiger charge is -2.22. The fraction of sp³-hybridized carbons (Fsp3) is 0.471. The summed E-state index contributed by atoms with van der Waals surface area (Å²) in [5.41, 5.74) is 2.43. The maximum atomic E-state index is 12.2. The third-order valence-corrected chi connectivity index (χ3v) is 4.29. The first-order valence-electron chi connectivity index (χ1n) is 6.93. The summed E-state index contributed by atoms with van der Waals surface area (Å²) in [6.45, 7) is 6.81. The largest absolute Gasteiger partial charge is 0.395 e. The van der Waals surface area contributed by atoms with Crippen LogP contribution < -0.4 is 5.32 Å². The van der Waals surface area contributed by atoms with Gasteiger partial charge in [0.15, 0.2) is 0 Å². The normalized spacial score (nSPS) is 10.7. The van der Waals surface area contributed by atoms with Crippen molar-refractivity contribution >= 4 is 17.7 Å². The summed E-state index contributed by atoms with van der Waals surface area (Å²) in [5.74, 6) is 5.77. The number of hydrogen-bond donors (Lipinski definition) is 2. The van der Waals surface area contributed by atoms with Crippen LogP contribution >= 0.6 is 11.8 Å². The molecule has 1 rings (SSSR count). The highest BCUT2D eigenvalue weighted by atomic mass is 32.2.